The fraction of sp³-hybridized carbons (Fsp3) is 0.214. The van der Waals surface area contributed by atoms with Crippen LogP contribution < -0.4 is 10.6 Å². The Morgan fingerprint density at radius 2 is 1.82 bits per heavy atom. The molecule has 1 aliphatic heterocycles. The molecular weight excluding hydrogens is 210 g/mol. The minimum Gasteiger partial charge on any atom is -0.384 e. The quantitative estimate of drug-likeness (QED) is 0.809. The van der Waals surface area contributed by atoms with E-state index in [1.54, 1.807) is 0 Å². The zero-order valence-corrected chi connectivity index (χ0v) is 9.63. The third kappa shape index (κ3) is 1.96. The summed E-state index contributed by atoms with van der Waals surface area (Å²) < 4.78 is 0. The molecule has 2 aromatic rings. The molecule has 17 heavy (non-hydrogen) atoms. The number of aromatic nitrogens is 1. The lowest BCUT2D eigenvalue weighted by atomic mass is 10.00. The highest BCUT2D eigenvalue weighted by Crippen LogP contribution is 2.23. The van der Waals surface area contributed by atoms with Crippen molar-refractivity contribution in [3.63, 3.8) is 0 Å². The van der Waals surface area contributed by atoms with Gasteiger partial charge in [0.15, 0.2) is 0 Å². The maximum absolute atomic E-state index is 5.72. The molecule has 0 bridgehead atoms. The Bertz CT molecular complexity index is 536. The van der Waals surface area contributed by atoms with Crippen LogP contribution in [-0.2, 0) is 13.0 Å². The molecule has 2 N–H and O–H groups in total. The number of rotatable bonds is 1. The van der Waals surface area contributed by atoms with E-state index in [1.807, 2.05) is 18.2 Å². The van der Waals surface area contributed by atoms with Gasteiger partial charge in [0.1, 0.15) is 11.6 Å². The Morgan fingerprint density at radius 1 is 1.00 bits per heavy atom. The van der Waals surface area contributed by atoms with Crippen LogP contribution in [0.5, 0.6) is 0 Å². The van der Waals surface area contributed by atoms with Crippen molar-refractivity contribution < 1.29 is 0 Å². The molecule has 86 valence electrons. The van der Waals surface area contributed by atoms with Crippen LogP contribution in [0.15, 0.2) is 42.5 Å². The third-order valence-electron chi connectivity index (χ3n) is 3.21. The van der Waals surface area contributed by atoms with Gasteiger partial charge in [-0.25, -0.2) is 4.98 Å². The minimum atomic E-state index is 0.585. The molecule has 1 aliphatic rings. The summed E-state index contributed by atoms with van der Waals surface area (Å²) in [5, 5.41) is 0. The molecule has 2 heterocycles. The van der Waals surface area contributed by atoms with Gasteiger partial charge in [-0.2, -0.15) is 0 Å². The predicted molar refractivity (Wildman–Crippen MR) is 69.8 cm³/mol. The van der Waals surface area contributed by atoms with Gasteiger partial charge in [0.05, 0.1) is 0 Å². The van der Waals surface area contributed by atoms with Gasteiger partial charge in [0, 0.05) is 13.1 Å². The van der Waals surface area contributed by atoms with E-state index in [-0.39, 0.29) is 0 Å². The first-order chi connectivity index (χ1) is 8.33. The number of nitrogen functional groups attached to an aromatic ring is 1. The van der Waals surface area contributed by atoms with Crippen molar-refractivity contribution in [2.45, 2.75) is 13.0 Å². The standard InChI is InChI=1S/C14H15N3/c15-13-6-3-7-14(16-13)17-9-8-11-4-1-2-5-12(11)10-17/h1-7H,8-10H2,(H2,15,16). The first-order valence-electron chi connectivity index (χ1n) is 5.87. The van der Waals surface area contributed by atoms with Gasteiger partial charge in [-0.15, -0.1) is 0 Å². The number of pyridine rings is 1. The first kappa shape index (κ1) is 10.1. The van der Waals surface area contributed by atoms with Gasteiger partial charge in [0.25, 0.3) is 0 Å². The molecule has 0 saturated carbocycles. The number of hydrogen-bond donors (Lipinski definition) is 1. The van der Waals surface area contributed by atoms with Crippen LogP contribution in [0.25, 0.3) is 0 Å². The summed E-state index contributed by atoms with van der Waals surface area (Å²) in [7, 11) is 0. The van der Waals surface area contributed by atoms with Crippen molar-refractivity contribution in [2.24, 2.45) is 0 Å². The SMILES string of the molecule is Nc1cccc(N2CCc3ccccc3C2)n1. The van der Waals surface area contributed by atoms with Gasteiger partial charge in [-0.05, 0) is 29.7 Å². The van der Waals surface area contributed by atoms with Crippen LogP contribution in [0.2, 0.25) is 0 Å². The molecule has 0 radical (unpaired) electrons. The van der Waals surface area contributed by atoms with Crippen LogP contribution in [0.4, 0.5) is 11.6 Å². The van der Waals surface area contributed by atoms with E-state index < -0.39 is 0 Å². The van der Waals surface area contributed by atoms with Crippen LogP contribution in [0.1, 0.15) is 11.1 Å². The number of nitrogens with zero attached hydrogens (tertiary/aromatic N) is 2. The number of benzene rings is 1. The van der Waals surface area contributed by atoms with E-state index in [9.17, 15) is 0 Å². The minimum absolute atomic E-state index is 0.585. The zero-order valence-electron chi connectivity index (χ0n) is 9.63. The Balaban J connectivity index is 1.89. The van der Waals surface area contributed by atoms with Gasteiger partial charge in [-0.3, -0.25) is 0 Å². The van der Waals surface area contributed by atoms with Crippen LogP contribution in [0, 0.1) is 0 Å². The lowest BCUT2D eigenvalue weighted by Crippen LogP contribution is -2.31. The highest BCUT2D eigenvalue weighted by Gasteiger charge is 2.16. The fourth-order valence-electron chi connectivity index (χ4n) is 2.31. The second kappa shape index (κ2) is 4.09. The highest BCUT2D eigenvalue weighted by molar-refractivity contribution is 5.47. The average molecular weight is 225 g/mol. The van der Waals surface area contributed by atoms with Gasteiger partial charge in [-0.1, -0.05) is 30.3 Å². The molecule has 0 atom stereocenters. The van der Waals surface area contributed by atoms with Crippen LogP contribution in [0.3, 0.4) is 0 Å². The number of hydrogen-bond acceptors (Lipinski definition) is 3. The lowest BCUT2D eigenvalue weighted by molar-refractivity contribution is 0.721. The number of anilines is 2. The molecular formula is C14H15N3. The van der Waals surface area contributed by atoms with Gasteiger partial charge < -0.3 is 10.6 Å². The highest BCUT2D eigenvalue weighted by atomic mass is 15.2. The molecule has 0 fully saturated rings. The van der Waals surface area contributed by atoms with Crippen molar-refractivity contribution >= 4 is 11.6 Å². The third-order valence-corrected chi connectivity index (χ3v) is 3.21. The predicted octanol–water partition coefficient (Wildman–Crippen LogP) is 2.23. The van der Waals surface area contributed by atoms with Crippen molar-refractivity contribution in [3.8, 4) is 0 Å². The second-order valence-corrected chi connectivity index (χ2v) is 4.36. The van der Waals surface area contributed by atoms with E-state index >= 15 is 0 Å². The van der Waals surface area contributed by atoms with Crippen LogP contribution >= 0.6 is 0 Å². The second-order valence-electron chi connectivity index (χ2n) is 4.36. The van der Waals surface area contributed by atoms with Gasteiger partial charge >= 0.3 is 0 Å². The first-order valence-corrected chi connectivity index (χ1v) is 5.87. The molecule has 3 heteroatoms. The van der Waals surface area contributed by atoms with E-state index in [1.165, 1.54) is 11.1 Å². The van der Waals surface area contributed by atoms with E-state index in [0.29, 0.717) is 5.82 Å². The average Bonchev–Trinajstić information content (AvgIpc) is 2.38. The van der Waals surface area contributed by atoms with Crippen LogP contribution in [-0.4, -0.2) is 11.5 Å². The Labute approximate surface area is 101 Å². The molecule has 1 aromatic heterocycles. The number of fused-ring (bicyclic) bond motifs is 1. The van der Waals surface area contributed by atoms with E-state index in [4.69, 9.17) is 5.73 Å². The number of nitrogens with two attached hydrogens (primary N) is 1. The Morgan fingerprint density at radius 3 is 2.65 bits per heavy atom. The maximum Gasteiger partial charge on any atom is 0.131 e. The molecule has 0 aliphatic carbocycles. The molecule has 3 nitrogen and oxygen atoms in total. The van der Waals surface area contributed by atoms with Crippen molar-refractivity contribution in [3.05, 3.63) is 53.6 Å². The fourth-order valence-corrected chi connectivity index (χ4v) is 2.31. The monoisotopic (exact) mass is 225 g/mol. The topological polar surface area (TPSA) is 42.1 Å². The van der Waals surface area contributed by atoms with E-state index in [0.717, 1.165) is 25.3 Å². The lowest BCUT2D eigenvalue weighted by Gasteiger charge is -2.29. The summed E-state index contributed by atoms with van der Waals surface area (Å²) in [4.78, 5) is 6.65. The van der Waals surface area contributed by atoms with Crippen molar-refractivity contribution in [1.29, 1.82) is 0 Å². The summed E-state index contributed by atoms with van der Waals surface area (Å²) in [6.07, 6.45) is 1.08. The Kier molecular flexibility index (Phi) is 2.44. The smallest absolute Gasteiger partial charge is 0.131 e. The summed E-state index contributed by atoms with van der Waals surface area (Å²) in [6.45, 7) is 1.93. The zero-order chi connectivity index (χ0) is 11.7. The molecule has 0 spiro atoms. The maximum atomic E-state index is 5.72. The molecule has 0 saturated heterocycles. The summed E-state index contributed by atoms with van der Waals surface area (Å²) in [5.41, 5.74) is 8.57. The normalized spacial score (nSPS) is 14.5. The molecule has 0 unspecified atom stereocenters. The molecule has 0 amide bonds. The summed E-state index contributed by atoms with van der Waals surface area (Å²) in [6, 6.07) is 14.4. The summed E-state index contributed by atoms with van der Waals surface area (Å²) >= 11 is 0. The van der Waals surface area contributed by atoms with E-state index in [2.05, 4.69) is 34.1 Å². The van der Waals surface area contributed by atoms with Gasteiger partial charge in [0.2, 0.25) is 0 Å². The largest absolute Gasteiger partial charge is 0.384 e. The molecule has 3 rings (SSSR count). The molecule has 1 aromatic carbocycles. The van der Waals surface area contributed by atoms with Crippen molar-refractivity contribution in [2.75, 3.05) is 17.2 Å². The Hall–Kier alpha value is -2.03. The summed E-state index contributed by atoms with van der Waals surface area (Å²) in [5.74, 6) is 1.56. The van der Waals surface area contributed by atoms with Crippen molar-refractivity contribution in [1.82, 2.24) is 4.98 Å².